The molecule has 0 saturated carbocycles. The molecule has 0 fully saturated rings. The molecular weight excluding hydrogens is 587 g/mol. The van der Waals surface area contributed by atoms with E-state index >= 15 is 0 Å². The molecule has 12 heteroatoms. The fourth-order valence-corrected chi connectivity index (χ4v) is 5.00. The van der Waals surface area contributed by atoms with Crippen LogP contribution in [0.1, 0.15) is 30.9 Å². The van der Waals surface area contributed by atoms with Crippen molar-refractivity contribution in [2.75, 3.05) is 6.54 Å². The Balaban J connectivity index is 1.45. The third-order valence-electron chi connectivity index (χ3n) is 6.43. The number of carbonyl (C=O) groups excluding carboxylic acids is 2. The van der Waals surface area contributed by atoms with Gasteiger partial charge in [-0.15, -0.1) is 0 Å². The molecule has 4 aromatic rings. The molecule has 4 rings (SSSR count). The minimum absolute atomic E-state index is 0.00633. The molecule has 0 aliphatic heterocycles. The zero-order valence-electron chi connectivity index (χ0n) is 23.9. The van der Waals surface area contributed by atoms with Crippen molar-refractivity contribution in [1.82, 2.24) is 4.90 Å². The average molecular weight is 619 g/mol. The Bertz CT molecular complexity index is 1760. The predicted octanol–water partition coefficient (Wildman–Crippen LogP) is 5.85. The molecule has 4 N–H and O–H groups in total. The molecule has 2 amide bonds. The van der Waals surface area contributed by atoms with Crippen molar-refractivity contribution in [1.29, 1.82) is 0 Å². The number of nitrogens with two attached hydrogens (primary N) is 2. The first kappa shape index (κ1) is 31.9. The Morgan fingerprint density at radius 3 is 2.23 bits per heavy atom. The average Bonchev–Trinajstić information content (AvgIpc) is 3.00. The van der Waals surface area contributed by atoms with Crippen molar-refractivity contribution in [2.24, 2.45) is 15.9 Å². The van der Waals surface area contributed by atoms with Gasteiger partial charge >= 0.3 is 12.2 Å². The lowest BCUT2D eigenvalue weighted by molar-refractivity contribution is 0.148. The summed E-state index contributed by atoms with van der Waals surface area (Å²) >= 11 is 0. The molecule has 228 valence electrons. The molecule has 4 aromatic carbocycles. The Morgan fingerprint density at radius 2 is 1.55 bits per heavy atom. The molecule has 0 radical (unpaired) electrons. The van der Waals surface area contributed by atoms with E-state index < -0.39 is 28.0 Å². The molecule has 0 aliphatic carbocycles. The Labute approximate surface area is 254 Å². The van der Waals surface area contributed by atoms with E-state index in [4.69, 9.17) is 20.3 Å². The van der Waals surface area contributed by atoms with Gasteiger partial charge in [-0.05, 0) is 66.1 Å². The first-order valence-electron chi connectivity index (χ1n) is 13.6. The van der Waals surface area contributed by atoms with Crippen LogP contribution < -0.4 is 20.3 Å². The van der Waals surface area contributed by atoms with Gasteiger partial charge in [-0.25, -0.2) is 27.5 Å². The minimum atomic E-state index is -3.93. The lowest BCUT2D eigenvalue weighted by atomic mass is 10.1. The van der Waals surface area contributed by atoms with Crippen molar-refractivity contribution in [2.45, 2.75) is 31.2 Å². The normalized spacial score (nSPS) is 11.6. The Morgan fingerprint density at radius 1 is 0.886 bits per heavy atom. The lowest BCUT2D eigenvalue weighted by Crippen LogP contribution is -2.34. The van der Waals surface area contributed by atoms with Crippen LogP contribution in [-0.4, -0.2) is 37.9 Å². The number of rotatable bonds is 10. The molecule has 0 atom stereocenters. The number of halogens is 1. The first-order valence-corrected chi connectivity index (χ1v) is 15.2. The van der Waals surface area contributed by atoms with Crippen molar-refractivity contribution >= 4 is 28.0 Å². The molecule has 0 bridgehead atoms. The van der Waals surface area contributed by atoms with Crippen LogP contribution >= 0.6 is 0 Å². The number of hydrogen-bond acceptors (Lipinski definition) is 6. The van der Waals surface area contributed by atoms with Crippen LogP contribution in [-0.2, 0) is 16.6 Å². The Hall–Kier alpha value is -5.07. The number of ether oxygens (including phenoxy) is 2. The quantitative estimate of drug-likeness (QED) is 0.167. The van der Waals surface area contributed by atoms with Gasteiger partial charge in [-0.3, -0.25) is 0 Å². The number of hydrogen-bond donors (Lipinski definition) is 2. The zero-order valence-corrected chi connectivity index (χ0v) is 24.7. The monoisotopic (exact) mass is 618 g/mol. The molecule has 0 aliphatic rings. The molecule has 0 spiro atoms. The number of carbonyl (C=O) groups is 2. The zero-order chi connectivity index (χ0) is 31.7. The second kappa shape index (κ2) is 14.4. The summed E-state index contributed by atoms with van der Waals surface area (Å²) in [7, 11) is -3.93. The maximum atomic E-state index is 13.2. The SMILES string of the molecule is CCCCN(Cc1cccc(C(N)=NC(=O)Oc2ccc(F)cc2)c1)C(=O)Oc1ccc(-c2ccccc2S(N)(=O)=O)cc1. The molecule has 10 nitrogen and oxygen atoms in total. The third kappa shape index (κ3) is 8.72. The summed E-state index contributed by atoms with van der Waals surface area (Å²) in [5, 5.41) is 5.36. The van der Waals surface area contributed by atoms with Gasteiger partial charge in [0.25, 0.3) is 0 Å². The van der Waals surface area contributed by atoms with E-state index in [1.54, 1.807) is 71.6 Å². The molecular formula is C32H31FN4O6S. The van der Waals surface area contributed by atoms with Gasteiger partial charge in [0.1, 0.15) is 23.2 Å². The number of nitrogens with zero attached hydrogens (tertiary/aromatic N) is 2. The van der Waals surface area contributed by atoms with Crippen LogP contribution in [0, 0.1) is 5.82 Å². The van der Waals surface area contributed by atoms with E-state index in [-0.39, 0.29) is 28.8 Å². The maximum Gasteiger partial charge on any atom is 0.441 e. The highest BCUT2D eigenvalue weighted by Crippen LogP contribution is 2.28. The summed E-state index contributed by atoms with van der Waals surface area (Å²) in [6, 6.07) is 24.6. The molecule has 0 unspecified atom stereocenters. The van der Waals surface area contributed by atoms with E-state index in [1.807, 2.05) is 6.92 Å². The van der Waals surface area contributed by atoms with Gasteiger partial charge in [0.05, 0.1) is 4.90 Å². The number of benzene rings is 4. The van der Waals surface area contributed by atoms with E-state index in [9.17, 15) is 22.4 Å². The van der Waals surface area contributed by atoms with Gasteiger partial charge < -0.3 is 20.1 Å². The molecule has 44 heavy (non-hydrogen) atoms. The largest absolute Gasteiger partial charge is 0.441 e. The van der Waals surface area contributed by atoms with E-state index in [0.29, 0.717) is 23.2 Å². The van der Waals surface area contributed by atoms with Gasteiger partial charge in [-0.2, -0.15) is 4.99 Å². The van der Waals surface area contributed by atoms with Crippen molar-refractivity contribution in [3.63, 3.8) is 0 Å². The number of sulfonamides is 1. The van der Waals surface area contributed by atoms with Crippen LogP contribution in [0.25, 0.3) is 11.1 Å². The molecule has 0 saturated heterocycles. The van der Waals surface area contributed by atoms with Crippen LogP contribution in [0.3, 0.4) is 0 Å². The third-order valence-corrected chi connectivity index (χ3v) is 7.40. The van der Waals surface area contributed by atoms with Crippen LogP contribution in [0.5, 0.6) is 11.5 Å². The summed E-state index contributed by atoms with van der Waals surface area (Å²) in [6.45, 7) is 2.62. The number of primary sulfonamides is 1. The van der Waals surface area contributed by atoms with E-state index in [1.165, 1.54) is 18.2 Å². The summed E-state index contributed by atoms with van der Waals surface area (Å²) in [6.07, 6.45) is 0.0344. The molecule has 0 aromatic heterocycles. The van der Waals surface area contributed by atoms with Gasteiger partial charge in [0.15, 0.2) is 0 Å². The highest BCUT2D eigenvalue weighted by Gasteiger charge is 2.18. The fraction of sp³-hybridized carbons (Fsp3) is 0.156. The topological polar surface area (TPSA) is 154 Å². The minimum Gasteiger partial charge on any atom is -0.410 e. The summed E-state index contributed by atoms with van der Waals surface area (Å²) < 4.78 is 47.8. The maximum absolute atomic E-state index is 13.2. The van der Waals surface area contributed by atoms with Crippen molar-refractivity contribution < 1.29 is 31.9 Å². The summed E-state index contributed by atoms with van der Waals surface area (Å²) in [5.41, 5.74) is 8.23. The van der Waals surface area contributed by atoms with Gasteiger partial charge in [0, 0.05) is 24.2 Å². The second-order valence-electron chi connectivity index (χ2n) is 9.73. The highest BCUT2D eigenvalue weighted by atomic mass is 32.2. The lowest BCUT2D eigenvalue weighted by Gasteiger charge is -2.22. The van der Waals surface area contributed by atoms with E-state index in [2.05, 4.69) is 4.99 Å². The smallest absolute Gasteiger partial charge is 0.410 e. The number of amidine groups is 1. The molecule has 0 heterocycles. The second-order valence-corrected chi connectivity index (χ2v) is 11.3. The van der Waals surface area contributed by atoms with E-state index in [0.717, 1.165) is 30.5 Å². The van der Waals surface area contributed by atoms with Crippen LogP contribution in [0.2, 0.25) is 0 Å². The Kier molecular flexibility index (Phi) is 10.4. The summed E-state index contributed by atoms with van der Waals surface area (Å²) in [5.74, 6) is -0.165. The number of aliphatic imine (C=N–C) groups is 1. The number of unbranched alkanes of at least 4 members (excludes halogenated alkanes) is 1. The standard InChI is InChI=1S/C32H31FN4O6S/c1-2-3-19-37(32(39)43-27-15-11-23(12-16-27)28-9-4-5-10-29(28)44(35,40)41)21-22-7-6-8-24(20-22)30(34)36-31(38)42-26-17-13-25(33)14-18-26/h4-18,20H,2-3,19,21H2,1H3,(H2,34,36,38)(H2,35,40,41). The first-order chi connectivity index (χ1) is 21.0. The number of amides is 2. The van der Waals surface area contributed by atoms with Crippen molar-refractivity contribution in [3.8, 4) is 22.6 Å². The fourth-order valence-electron chi connectivity index (χ4n) is 4.24. The van der Waals surface area contributed by atoms with Crippen LogP contribution in [0.4, 0.5) is 14.0 Å². The highest BCUT2D eigenvalue weighted by molar-refractivity contribution is 7.89. The summed E-state index contributed by atoms with van der Waals surface area (Å²) in [4.78, 5) is 30.7. The predicted molar refractivity (Wildman–Crippen MR) is 164 cm³/mol. The van der Waals surface area contributed by atoms with Gasteiger partial charge in [-0.1, -0.05) is 61.9 Å². The van der Waals surface area contributed by atoms with Gasteiger partial charge in [0.2, 0.25) is 10.0 Å². The van der Waals surface area contributed by atoms with Crippen LogP contribution in [0.15, 0.2) is 107 Å². The van der Waals surface area contributed by atoms with Crippen molar-refractivity contribution in [3.05, 3.63) is 114 Å².